The van der Waals surface area contributed by atoms with Gasteiger partial charge in [0.05, 0.1) is 14.1 Å². The number of amidine groups is 2. The van der Waals surface area contributed by atoms with Crippen LogP contribution in [0.25, 0.3) is 0 Å². The Morgan fingerprint density at radius 1 is 1.25 bits per heavy atom. The fourth-order valence-electron chi connectivity index (χ4n) is 2.76. The zero-order valence-electron chi connectivity index (χ0n) is 14.1. The number of carbonyl (C=O) groups excluding carboxylic acids is 2. The number of fused-ring (bicyclic) bond motifs is 1. The first-order valence-electron chi connectivity index (χ1n) is 7.63. The lowest BCUT2D eigenvalue weighted by atomic mass is 10.1. The van der Waals surface area contributed by atoms with Crippen LogP contribution in [-0.2, 0) is 10.5 Å². The molecule has 0 saturated heterocycles. The van der Waals surface area contributed by atoms with E-state index in [0.29, 0.717) is 22.5 Å². The molecule has 0 spiro atoms. The van der Waals surface area contributed by atoms with E-state index in [-0.39, 0.29) is 11.9 Å². The van der Waals surface area contributed by atoms with Gasteiger partial charge in [-0.2, -0.15) is 9.48 Å². The zero-order chi connectivity index (χ0) is 17.4. The molecule has 2 aliphatic rings. The number of amides is 3. The summed E-state index contributed by atoms with van der Waals surface area (Å²) in [6, 6.07) is 7.87. The number of hydrogen-bond acceptors (Lipinski definition) is 5. The monoisotopic (exact) mass is 343 g/mol. The van der Waals surface area contributed by atoms with Crippen molar-refractivity contribution >= 4 is 40.4 Å². The Morgan fingerprint density at radius 3 is 2.71 bits per heavy atom. The first-order chi connectivity index (χ1) is 11.4. The van der Waals surface area contributed by atoms with Crippen molar-refractivity contribution in [1.82, 2.24) is 4.90 Å². The first kappa shape index (κ1) is 16.6. The van der Waals surface area contributed by atoms with Crippen molar-refractivity contribution < 1.29 is 14.2 Å². The second-order valence-corrected chi connectivity index (χ2v) is 6.91. The molecule has 1 unspecified atom stereocenters. The molecule has 0 N–H and O–H groups in total. The molecule has 0 aliphatic carbocycles. The van der Waals surface area contributed by atoms with Crippen LogP contribution in [0.2, 0.25) is 0 Å². The fraction of sp³-hybridized carbons (Fsp3) is 0.353. The van der Waals surface area contributed by atoms with Gasteiger partial charge in [-0.25, -0.2) is 9.79 Å². The third-order valence-corrected chi connectivity index (χ3v) is 5.12. The average Bonchev–Trinajstić information content (AvgIpc) is 2.55. The number of imide groups is 1. The fourth-order valence-corrected chi connectivity index (χ4v) is 3.82. The number of nitrogens with zero attached hydrogens (tertiary/aromatic N) is 4. The summed E-state index contributed by atoms with van der Waals surface area (Å²) in [6.07, 6.45) is 0. The van der Waals surface area contributed by atoms with Gasteiger partial charge in [-0.1, -0.05) is 34.8 Å². The first-order valence-corrected chi connectivity index (χ1v) is 8.61. The van der Waals surface area contributed by atoms with E-state index in [4.69, 9.17) is 0 Å². The topological polar surface area (TPSA) is 65.1 Å². The molecule has 0 saturated carbocycles. The van der Waals surface area contributed by atoms with Gasteiger partial charge in [0.25, 0.3) is 5.84 Å². The molecule has 2 aliphatic heterocycles. The van der Waals surface area contributed by atoms with Gasteiger partial charge in [0.15, 0.2) is 5.92 Å². The lowest BCUT2D eigenvalue weighted by molar-refractivity contribution is -0.407. The van der Waals surface area contributed by atoms with Crippen molar-refractivity contribution in [1.29, 1.82) is 0 Å². The third kappa shape index (κ3) is 2.91. The maximum Gasteiger partial charge on any atom is 0.445 e. The molecule has 1 aromatic carbocycles. The Balaban J connectivity index is 1.91. The number of urea groups is 1. The van der Waals surface area contributed by atoms with Gasteiger partial charge in [0, 0.05) is 12.7 Å². The van der Waals surface area contributed by atoms with E-state index in [1.807, 2.05) is 6.07 Å². The van der Waals surface area contributed by atoms with E-state index in [1.165, 1.54) is 34.5 Å². The van der Waals surface area contributed by atoms with E-state index < -0.39 is 5.92 Å². The summed E-state index contributed by atoms with van der Waals surface area (Å²) >= 11 is 1.52. The van der Waals surface area contributed by atoms with Crippen LogP contribution in [0.3, 0.4) is 0 Å². The van der Waals surface area contributed by atoms with Crippen LogP contribution in [-0.4, -0.2) is 52.2 Å². The van der Waals surface area contributed by atoms with Crippen molar-refractivity contribution in [2.75, 3.05) is 14.1 Å². The lowest BCUT2D eigenvalue weighted by Gasteiger charge is -2.26. The van der Waals surface area contributed by atoms with Crippen molar-refractivity contribution in [2.45, 2.75) is 19.6 Å². The van der Waals surface area contributed by atoms with Crippen molar-refractivity contribution in [3.63, 3.8) is 0 Å². The number of carbonyl (C=O) groups is 2. The Hall–Kier alpha value is -2.28. The van der Waals surface area contributed by atoms with Gasteiger partial charge in [0.2, 0.25) is 5.84 Å². The number of rotatable bonds is 2. The van der Waals surface area contributed by atoms with Crippen LogP contribution < -0.4 is 0 Å². The molecule has 2 heterocycles. The molecule has 24 heavy (non-hydrogen) atoms. The predicted octanol–water partition coefficient (Wildman–Crippen LogP) is 2.31. The summed E-state index contributed by atoms with van der Waals surface area (Å²) in [5.74, 6) is 0.857. The Bertz CT molecular complexity index is 826. The van der Waals surface area contributed by atoms with E-state index in [0.717, 1.165) is 4.90 Å². The normalized spacial score (nSPS) is 20.8. The van der Waals surface area contributed by atoms with E-state index in [2.05, 4.69) is 35.1 Å². The number of benzene rings is 1. The number of aryl methyl sites for hydroxylation is 1. The highest BCUT2D eigenvalue weighted by Crippen LogP contribution is 2.27. The second-order valence-electron chi connectivity index (χ2n) is 5.92. The van der Waals surface area contributed by atoms with E-state index >= 15 is 0 Å². The minimum Gasteiger partial charge on any atom is -0.255 e. The summed E-state index contributed by atoms with van der Waals surface area (Å²) in [5.41, 5.74) is 2.37. The lowest BCUT2D eigenvalue weighted by Crippen LogP contribution is -2.54. The van der Waals surface area contributed by atoms with Gasteiger partial charge in [-0.15, -0.1) is 11.8 Å². The van der Waals surface area contributed by atoms with Crippen molar-refractivity contribution in [2.24, 2.45) is 15.9 Å². The Labute approximate surface area is 145 Å². The van der Waals surface area contributed by atoms with E-state index in [9.17, 15) is 9.59 Å². The molecule has 0 radical (unpaired) electrons. The van der Waals surface area contributed by atoms with Crippen LogP contribution in [0.1, 0.15) is 18.1 Å². The van der Waals surface area contributed by atoms with Gasteiger partial charge in [0.1, 0.15) is 5.04 Å². The molecule has 3 rings (SSSR count). The van der Waals surface area contributed by atoms with E-state index in [1.54, 1.807) is 14.0 Å². The SMILES string of the molecule is CC1=NC2=[N+](C)C(=O)N(C)C(=O)C2C(SCc2cccc(C)c2)=N1. The van der Waals surface area contributed by atoms with Crippen molar-refractivity contribution in [3.05, 3.63) is 35.4 Å². The van der Waals surface area contributed by atoms with Crippen LogP contribution in [0.5, 0.6) is 0 Å². The maximum absolute atomic E-state index is 12.6. The highest BCUT2D eigenvalue weighted by Gasteiger charge is 2.48. The Kier molecular flexibility index (Phi) is 4.36. The van der Waals surface area contributed by atoms with Crippen LogP contribution in [0.15, 0.2) is 34.3 Å². The van der Waals surface area contributed by atoms with Crippen LogP contribution in [0.4, 0.5) is 4.79 Å². The van der Waals surface area contributed by atoms with Crippen LogP contribution in [0, 0.1) is 12.8 Å². The van der Waals surface area contributed by atoms with Gasteiger partial charge in [-0.3, -0.25) is 4.79 Å². The average molecular weight is 343 g/mol. The standard InChI is InChI=1S/C17H19N4O2S/c1-10-6-5-7-12(8-10)9-24-15-13-14(18-11(2)19-15)20(3)17(23)21(4)16(13)22/h5-8,13H,9H2,1-4H3/q+1. The zero-order valence-corrected chi connectivity index (χ0v) is 14.9. The molecule has 1 atom stereocenters. The molecule has 124 valence electrons. The summed E-state index contributed by atoms with van der Waals surface area (Å²) < 4.78 is 1.43. The Morgan fingerprint density at radius 2 is 2.00 bits per heavy atom. The molecule has 0 bridgehead atoms. The minimum absolute atomic E-state index is 0.278. The molecule has 3 amide bonds. The third-order valence-electron chi connectivity index (χ3n) is 4.02. The summed E-state index contributed by atoms with van der Waals surface area (Å²) in [6.45, 7) is 3.83. The minimum atomic E-state index is -0.601. The quantitative estimate of drug-likeness (QED) is 0.774. The number of aliphatic imine (C=N–C) groups is 2. The predicted molar refractivity (Wildman–Crippen MR) is 95.9 cm³/mol. The molecule has 1 aromatic rings. The van der Waals surface area contributed by atoms with Gasteiger partial charge in [-0.05, 0) is 12.5 Å². The van der Waals surface area contributed by atoms with Crippen LogP contribution >= 0.6 is 11.8 Å². The molecule has 6 nitrogen and oxygen atoms in total. The highest BCUT2D eigenvalue weighted by molar-refractivity contribution is 8.13. The summed E-state index contributed by atoms with van der Waals surface area (Å²) in [5, 5.41) is 0.690. The second kappa shape index (κ2) is 6.32. The molecule has 7 heteroatoms. The number of thioether (sulfide) groups is 1. The summed E-state index contributed by atoms with van der Waals surface area (Å²) in [7, 11) is 3.13. The molecule has 0 fully saturated rings. The molecular formula is C17H19N4O2S+. The maximum atomic E-state index is 12.6. The van der Waals surface area contributed by atoms with Gasteiger partial charge < -0.3 is 0 Å². The molecule has 0 aromatic heterocycles. The summed E-state index contributed by atoms with van der Waals surface area (Å²) in [4.78, 5) is 34.6. The highest BCUT2D eigenvalue weighted by atomic mass is 32.2. The van der Waals surface area contributed by atoms with Gasteiger partial charge >= 0.3 is 11.9 Å². The number of hydrogen-bond donors (Lipinski definition) is 0. The van der Waals surface area contributed by atoms with Crippen molar-refractivity contribution in [3.8, 4) is 0 Å². The molecular weight excluding hydrogens is 324 g/mol. The largest absolute Gasteiger partial charge is 0.445 e. The smallest absolute Gasteiger partial charge is 0.255 e.